The van der Waals surface area contributed by atoms with Gasteiger partial charge in [0.15, 0.2) is 0 Å². The number of carbonyl (C=O) groups excluding carboxylic acids is 1. The molecule has 110 valence electrons. The van der Waals surface area contributed by atoms with E-state index in [4.69, 9.17) is 10.00 Å². The second-order valence-corrected chi connectivity index (χ2v) is 5.33. The fourth-order valence-electron chi connectivity index (χ4n) is 2.15. The molecule has 2 aromatic rings. The maximum Gasteiger partial charge on any atom is 0.266 e. The number of nitrogens with zero attached hydrogens (tertiary/aromatic N) is 1. The summed E-state index contributed by atoms with van der Waals surface area (Å²) in [6.45, 7) is 0. The van der Waals surface area contributed by atoms with Crippen molar-refractivity contribution in [3.8, 4) is 11.8 Å². The van der Waals surface area contributed by atoms with E-state index < -0.39 is 6.10 Å². The first-order valence-electron chi connectivity index (χ1n) is 7.28. The van der Waals surface area contributed by atoms with Gasteiger partial charge in [0.2, 0.25) is 6.10 Å². The highest BCUT2D eigenvalue weighted by atomic mass is 16.5. The number of ether oxygens (including phenoxy) is 1. The molecule has 0 saturated heterocycles. The van der Waals surface area contributed by atoms with Gasteiger partial charge in [0.1, 0.15) is 5.75 Å². The highest BCUT2D eigenvalue weighted by Crippen LogP contribution is 2.25. The molecule has 0 aromatic heterocycles. The number of hydrogen-bond donors (Lipinski definition) is 1. The molecule has 3 rings (SSSR count). The largest absolute Gasteiger partial charge is 0.476 e. The Labute approximate surface area is 129 Å². The van der Waals surface area contributed by atoms with Gasteiger partial charge in [-0.2, -0.15) is 5.26 Å². The fourth-order valence-corrected chi connectivity index (χ4v) is 2.15. The Bertz CT molecular complexity index is 685. The molecule has 0 bridgehead atoms. The highest BCUT2D eigenvalue weighted by Gasteiger charge is 2.29. The number of amides is 1. The van der Waals surface area contributed by atoms with Crippen molar-refractivity contribution in [1.82, 2.24) is 5.32 Å². The van der Waals surface area contributed by atoms with E-state index in [1.807, 2.05) is 30.3 Å². The van der Waals surface area contributed by atoms with Crippen LogP contribution < -0.4 is 10.1 Å². The van der Waals surface area contributed by atoms with Gasteiger partial charge in [0.25, 0.3) is 5.91 Å². The summed E-state index contributed by atoms with van der Waals surface area (Å²) in [5, 5.41) is 11.8. The third kappa shape index (κ3) is 3.44. The lowest BCUT2D eigenvalue weighted by Crippen LogP contribution is -2.33. The Kier molecular flexibility index (Phi) is 4.06. The quantitative estimate of drug-likeness (QED) is 0.921. The van der Waals surface area contributed by atoms with Crippen LogP contribution in [0.3, 0.4) is 0 Å². The Morgan fingerprint density at radius 2 is 1.82 bits per heavy atom. The van der Waals surface area contributed by atoms with E-state index in [2.05, 4.69) is 11.4 Å². The zero-order valence-corrected chi connectivity index (χ0v) is 12.0. The van der Waals surface area contributed by atoms with Gasteiger partial charge in [-0.15, -0.1) is 0 Å². The summed E-state index contributed by atoms with van der Waals surface area (Å²) in [5.74, 6) is 0.442. The van der Waals surface area contributed by atoms with Gasteiger partial charge in [0, 0.05) is 11.6 Å². The van der Waals surface area contributed by atoms with Crippen molar-refractivity contribution < 1.29 is 9.53 Å². The summed E-state index contributed by atoms with van der Waals surface area (Å²) in [6.07, 6.45) is 1.38. The Morgan fingerprint density at radius 1 is 1.14 bits per heavy atom. The summed E-state index contributed by atoms with van der Waals surface area (Å²) in [7, 11) is 0. The smallest absolute Gasteiger partial charge is 0.266 e. The van der Waals surface area contributed by atoms with Gasteiger partial charge in [-0.25, -0.2) is 0 Å². The van der Waals surface area contributed by atoms with Gasteiger partial charge in [0.05, 0.1) is 11.6 Å². The van der Waals surface area contributed by atoms with Crippen LogP contribution in [0.4, 0.5) is 0 Å². The molecule has 1 amide bonds. The lowest BCUT2D eigenvalue weighted by molar-refractivity contribution is -0.128. The number of carbonyl (C=O) groups is 1. The minimum atomic E-state index is -0.685. The van der Waals surface area contributed by atoms with E-state index in [0.29, 0.717) is 11.3 Å². The van der Waals surface area contributed by atoms with Crippen molar-refractivity contribution in [3.63, 3.8) is 0 Å². The fraction of sp³-hybridized carbons (Fsp3) is 0.222. The normalized spacial score (nSPS) is 14.7. The van der Waals surface area contributed by atoms with Crippen LogP contribution in [0.15, 0.2) is 54.6 Å². The Hall–Kier alpha value is -2.80. The summed E-state index contributed by atoms with van der Waals surface area (Å²) in [6, 6.07) is 18.5. The van der Waals surface area contributed by atoms with E-state index in [1.165, 1.54) is 0 Å². The van der Waals surface area contributed by atoms with Crippen LogP contribution in [-0.4, -0.2) is 11.9 Å². The van der Waals surface area contributed by atoms with Crippen LogP contribution in [-0.2, 0) is 4.79 Å². The summed E-state index contributed by atoms with van der Waals surface area (Å²) < 4.78 is 5.87. The van der Waals surface area contributed by atoms with E-state index in [0.717, 1.165) is 18.4 Å². The van der Waals surface area contributed by atoms with Crippen LogP contribution >= 0.6 is 0 Å². The second kappa shape index (κ2) is 6.31. The number of nitriles is 1. The molecule has 1 saturated carbocycles. The van der Waals surface area contributed by atoms with Gasteiger partial charge >= 0.3 is 0 Å². The molecular weight excluding hydrogens is 276 g/mol. The number of rotatable bonds is 5. The maximum absolute atomic E-state index is 12.4. The third-order valence-corrected chi connectivity index (χ3v) is 3.50. The standard InChI is InChI=1S/C18H16N2O2/c19-12-13-6-10-16(11-7-13)22-17(14-4-2-1-3-5-14)18(21)20-15-8-9-15/h1-7,10-11,15,17H,8-9H2,(H,20,21)/t17-/m1/s1. The molecule has 0 spiro atoms. The Balaban J connectivity index is 1.80. The first kappa shape index (κ1) is 14.2. The third-order valence-electron chi connectivity index (χ3n) is 3.50. The highest BCUT2D eigenvalue weighted by molar-refractivity contribution is 5.83. The molecule has 2 aromatic carbocycles. The van der Waals surface area contributed by atoms with Crippen LogP contribution in [0, 0.1) is 11.3 Å². The van der Waals surface area contributed by atoms with Gasteiger partial charge in [-0.3, -0.25) is 4.79 Å². The van der Waals surface area contributed by atoms with Gasteiger partial charge in [-0.05, 0) is 37.1 Å². The predicted molar refractivity (Wildman–Crippen MR) is 82.1 cm³/mol. The number of hydrogen-bond acceptors (Lipinski definition) is 3. The van der Waals surface area contributed by atoms with Crippen molar-refractivity contribution in [1.29, 1.82) is 5.26 Å². The van der Waals surface area contributed by atoms with E-state index in [-0.39, 0.29) is 11.9 Å². The second-order valence-electron chi connectivity index (χ2n) is 5.33. The van der Waals surface area contributed by atoms with Crippen LogP contribution in [0.1, 0.15) is 30.1 Å². The molecular formula is C18H16N2O2. The maximum atomic E-state index is 12.4. The molecule has 0 aliphatic heterocycles. The molecule has 0 unspecified atom stereocenters. The molecule has 22 heavy (non-hydrogen) atoms. The van der Waals surface area contributed by atoms with Crippen molar-refractivity contribution in [2.24, 2.45) is 0 Å². The van der Waals surface area contributed by atoms with Crippen LogP contribution in [0.5, 0.6) is 5.75 Å². The summed E-state index contributed by atoms with van der Waals surface area (Å²) in [5.41, 5.74) is 1.37. The topological polar surface area (TPSA) is 62.1 Å². The molecule has 0 heterocycles. The van der Waals surface area contributed by atoms with Gasteiger partial charge < -0.3 is 10.1 Å². The first-order valence-corrected chi connectivity index (χ1v) is 7.28. The summed E-state index contributed by atoms with van der Waals surface area (Å²) >= 11 is 0. The van der Waals surface area contributed by atoms with E-state index in [1.54, 1.807) is 24.3 Å². The van der Waals surface area contributed by atoms with Crippen molar-refractivity contribution >= 4 is 5.91 Å². The lowest BCUT2D eigenvalue weighted by Gasteiger charge is -2.19. The molecule has 4 nitrogen and oxygen atoms in total. The molecule has 1 atom stereocenters. The van der Waals surface area contributed by atoms with Crippen LogP contribution in [0.25, 0.3) is 0 Å². The van der Waals surface area contributed by atoms with Crippen molar-refractivity contribution in [2.75, 3.05) is 0 Å². The minimum Gasteiger partial charge on any atom is -0.476 e. The lowest BCUT2D eigenvalue weighted by atomic mass is 10.1. The molecule has 1 N–H and O–H groups in total. The molecule has 0 radical (unpaired) electrons. The zero-order chi connectivity index (χ0) is 15.4. The SMILES string of the molecule is N#Cc1ccc(O[C@@H](C(=O)NC2CC2)c2ccccc2)cc1. The molecule has 1 aliphatic carbocycles. The van der Waals surface area contributed by atoms with E-state index >= 15 is 0 Å². The average molecular weight is 292 g/mol. The van der Waals surface area contributed by atoms with Crippen molar-refractivity contribution in [2.45, 2.75) is 25.0 Å². The van der Waals surface area contributed by atoms with Crippen LogP contribution in [0.2, 0.25) is 0 Å². The molecule has 4 heteroatoms. The zero-order valence-electron chi connectivity index (χ0n) is 12.0. The molecule has 1 aliphatic rings. The Morgan fingerprint density at radius 3 is 2.41 bits per heavy atom. The average Bonchev–Trinajstić information content (AvgIpc) is 3.38. The number of benzene rings is 2. The number of nitrogens with one attached hydrogen (secondary N) is 1. The van der Waals surface area contributed by atoms with E-state index in [9.17, 15) is 4.79 Å². The molecule has 1 fully saturated rings. The monoisotopic (exact) mass is 292 g/mol. The summed E-state index contributed by atoms with van der Waals surface area (Å²) in [4.78, 5) is 12.4. The predicted octanol–water partition coefficient (Wildman–Crippen LogP) is 2.96. The van der Waals surface area contributed by atoms with Crippen molar-refractivity contribution in [3.05, 3.63) is 65.7 Å². The van der Waals surface area contributed by atoms with Gasteiger partial charge in [-0.1, -0.05) is 30.3 Å². The minimum absolute atomic E-state index is 0.127. The first-order chi connectivity index (χ1) is 10.8.